The molecule has 82 valence electrons. The lowest BCUT2D eigenvalue weighted by molar-refractivity contribution is -0.130. The van der Waals surface area contributed by atoms with Gasteiger partial charge in [0.25, 0.3) is 0 Å². The Morgan fingerprint density at radius 1 is 1.60 bits per heavy atom. The molecule has 1 fully saturated rings. The van der Waals surface area contributed by atoms with Gasteiger partial charge < -0.3 is 10.6 Å². The van der Waals surface area contributed by atoms with Crippen LogP contribution in [0, 0.1) is 0 Å². The van der Waals surface area contributed by atoms with Gasteiger partial charge in [-0.25, -0.2) is 0 Å². The van der Waals surface area contributed by atoms with Gasteiger partial charge in [-0.3, -0.25) is 4.79 Å². The molecule has 1 aromatic heterocycles. The summed E-state index contributed by atoms with van der Waals surface area (Å²) >= 11 is 1.75. The average molecular weight is 224 g/mol. The Bertz CT molecular complexity index is 336. The minimum absolute atomic E-state index is 0.120. The van der Waals surface area contributed by atoms with E-state index in [1.165, 1.54) is 4.88 Å². The first-order valence-electron chi connectivity index (χ1n) is 5.21. The van der Waals surface area contributed by atoms with Crippen LogP contribution in [0.1, 0.15) is 24.1 Å². The van der Waals surface area contributed by atoms with E-state index in [2.05, 4.69) is 17.5 Å². The first-order valence-corrected chi connectivity index (χ1v) is 6.09. The van der Waals surface area contributed by atoms with Crippen LogP contribution in [-0.2, 0) is 4.79 Å². The molecule has 2 heterocycles. The number of nitrogens with two attached hydrogens (primary N) is 1. The van der Waals surface area contributed by atoms with Crippen molar-refractivity contribution in [3.05, 3.63) is 22.4 Å². The molecule has 0 radical (unpaired) electrons. The smallest absolute Gasteiger partial charge is 0.219 e. The van der Waals surface area contributed by atoms with E-state index in [1.807, 2.05) is 4.90 Å². The molecule has 2 N–H and O–H groups in total. The van der Waals surface area contributed by atoms with Crippen molar-refractivity contribution in [1.29, 1.82) is 0 Å². The van der Waals surface area contributed by atoms with Crippen molar-refractivity contribution in [3.8, 4) is 0 Å². The standard InChI is InChI=1S/C11H16N2OS/c1-8(14)13-6-9(5-10(12)7-13)11-3-2-4-15-11/h2-4,9-10H,5-7,12H2,1H3. The Kier molecular flexibility index (Phi) is 3.07. The Labute approximate surface area is 93.9 Å². The predicted octanol–water partition coefficient (Wildman–Crippen LogP) is 1.41. The van der Waals surface area contributed by atoms with Crippen molar-refractivity contribution in [2.45, 2.75) is 25.3 Å². The summed E-state index contributed by atoms with van der Waals surface area (Å²) in [6, 6.07) is 4.30. The second-order valence-corrected chi connectivity index (χ2v) is 5.11. The predicted molar refractivity (Wildman–Crippen MR) is 61.9 cm³/mol. The lowest BCUT2D eigenvalue weighted by Crippen LogP contribution is -2.47. The largest absolute Gasteiger partial charge is 0.341 e. The molecule has 1 amide bonds. The fourth-order valence-corrected chi connectivity index (χ4v) is 2.96. The Hall–Kier alpha value is -0.870. The summed E-state index contributed by atoms with van der Waals surface area (Å²) in [4.78, 5) is 14.5. The van der Waals surface area contributed by atoms with Crippen LogP contribution in [0.4, 0.5) is 0 Å². The van der Waals surface area contributed by atoms with Gasteiger partial charge in [0.2, 0.25) is 5.91 Å². The van der Waals surface area contributed by atoms with Crippen LogP contribution in [0.3, 0.4) is 0 Å². The SMILES string of the molecule is CC(=O)N1CC(N)CC(c2cccs2)C1. The van der Waals surface area contributed by atoms with Crippen molar-refractivity contribution in [1.82, 2.24) is 4.90 Å². The quantitative estimate of drug-likeness (QED) is 0.784. The Morgan fingerprint density at radius 3 is 3.00 bits per heavy atom. The molecular formula is C11H16N2OS. The lowest BCUT2D eigenvalue weighted by atomic mass is 9.93. The van der Waals surface area contributed by atoms with E-state index in [1.54, 1.807) is 18.3 Å². The number of carbonyl (C=O) groups excluding carboxylic acids is 1. The molecule has 15 heavy (non-hydrogen) atoms. The van der Waals surface area contributed by atoms with Gasteiger partial charge in [-0.05, 0) is 17.9 Å². The van der Waals surface area contributed by atoms with Gasteiger partial charge >= 0.3 is 0 Å². The van der Waals surface area contributed by atoms with Crippen LogP contribution in [0.2, 0.25) is 0 Å². The fourth-order valence-electron chi connectivity index (χ4n) is 2.12. The zero-order valence-electron chi connectivity index (χ0n) is 8.85. The summed E-state index contributed by atoms with van der Waals surface area (Å²) in [5.41, 5.74) is 5.97. The van der Waals surface area contributed by atoms with Crippen molar-refractivity contribution in [2.24, 2.45) is 5.73 Å². The molecule has 2 atom stereocenters. The zero-order chi connectivity index (χ0) is 10.8. The number of nitrogens with zero attached hydrogens (tertiary/aromatic N) is 1. The number of likely N-dealkylation sites (tertiary alicyclic amines) is 1. The molecule has 0 saturated carbocycles. The van der Waals surface area contributed by atoms with Gasteiger partial charge in [-0.1, -0.05) is 6.07 Å². The van der Waals surface area contributed by atoms with Crippen LogP contribution < -0.4 is 5.73 Å². The average Bonchev–Trinajstić information content (AvgIpc) is 2.69. The van der Waals surface area contributed by atoms with Crippen molar-refractivity contribution in [3.63, 3.8) is 0 Å². The number of hydrogen-bond donors (Lipinski definition) is 1. The van der Waals surface area contributed by atoms with Crippen LogP contribution in [0.5, 0.6) is 0 Å². The molecule has 1 aromatic rings. The maximum Gasteiger partial charge on any atom is 0.219 e. The highest BCUT2D eigenvalue weighted by atomic mass is 32.1. The monoisotopic (exact) mass is 224 g/mol. The Balaban J connectivity index is 2.10. The first-order chi connectivity index (χ1) is 7.16. The number of rotatable bonds is 1. The summed E-state index contributed by atoms with van der Waals surface area (Å²) in [6.45, 7) is 3.14. The van der Waals surface area contributed by atoms with Crippen LogP contribution >= 0.6 is 11.3 Å². The van der Waals surface area contributed by atoms with E-state index >= 15 is 0 Å². The van der Waals surface area contributed by atoms with E-state index < -0.39 is 0 Å². The van der Waals surface area contributed by atoms with Crippen molar-refractivity contribution >= 4 is 17.2 Å². The highest BCUT2D eigenvalue weighted by molar-refractivity contribution is 7.10. The topological polar surface area (TPSA) is 46.3 Å². The minimum Gasteiger partial charge on any atom is -0.341 e. The van der Waals surface area contributed by atoms with Crippen molar-refractivity contribution < 1.29 is 4.79 Å². The molecule has 2 rings (SSSR count). The normalized spacial score (nSPS) is 26.7. The van der Waals surface area contributed by atoms with Gasteiger partial charge in [-0.15, -0.1) is 11.3 Å². The highest BCUT2D eigenvalue weighted by Crippen LogP contribution is 2.29. The van der Waals surface area contributed by atoms with E-state index in [0.29, 0.717) is 12.5 Å². The molecule has 3 nitrogen and oxygen atoms in total. The van der Waals surface area contributed by atoms with Gasteiger partial charge in [0.15, 0.2) is 0 Å². The van der Waals surface area contributed by atoms with Crippen LogP contribution in [0.25, 0.3) is 0 Å². The lowest BCUT2D eigenvalue weighted by Gasteiger charge is -2.35. The molecular weight excluding hydrogens is 208 g/mol. The van der Waals surface area contributed by atoms with Crippen LogP contribution in [0.15, 0.2) is 17.5 Å². The first kappa shape index (κ1) is 10.6. The molecule has 2 unspecified atom stereocenters. The second-order valence-electron chi connectivity index (χ2n) is 4.13. The third-order valence-corrected chi connectivity index (χ3v) is 3.91. The number of thiophene rings is 1. The van der Waals surface area contributed by atoms with Crippen molar-refractivity contribution in [2.75, 3.05) is 13.1 Å². The number of hydrogen-bond acceptors (Lipinski definition) is 3. The minimum atomic E-state index is 0.120. The molecule has 0 aliphatic carbocycles. The van der Waals surface area contributed by atoms with Gasteiger partial charge in [-0.2, -0.15) is 0 Å². The molecule has 1 saturated heterocycles. The summed E-state index contributed by atoms with van der Waals surface area (Å²) in [6.07, 6.45) is 0.990. The molecule has 1 aliphatic rings. The summed E-state index contributed by atoms with van der Waals surface area (Å²) in [7, 11) is 0. The molecule has 0 bridgehead atoms. The van der Waals surface area contributed by atoms with E-state index in [-0.39, 0.29) is 11.9 Å². The zero-order valence-corrected chi connectivity index (χ0v) is 9.67. The van der Waals surface area contributed by atoms with Gasteiger partial charge in [0, 0.05) is 36.9 Å². The second kappa shape index (κ2) is 4.33. The van der Waals surface area contributed by atoms with E-state index in [9.17, 15) is 4.79 Å². The number of carbonyl (C=O) groups is 1. The molecule has 0 spiro atoms. The highest BCUT2D eigenvalue weighted by Gasteiger charge is 2.27. The number of piperidine rings is 1. The third kappa shape index (κ3) is 2.38. The maximum absolute atomic E-state index is 11.3. The number of amides is 1. The van der Waals surface area contributed by atoms with E-state index in [0.717, 1.165) is 13.0 Å². The third-order valence-electron chi connectivity index (χ3n) is 2.87. The van der Waals surface area contributed by atoms with E-state index in [4.69, 9.17) is 5.73 Å². The Morgan fingerprint density at radius 2 is 2.40 bits per heavy atom. The molecule has 0 aromatic carbocycles. The van der Waals surface area contributed by atoms with Crippen LogP contribution in [-0.4, -0.2) is 29.9 Å². The summed E-state index contributed by atoms with van der Waals surface area (Å²) < 4.78 is 0. The summed E-state index contributed by atoms with van der Waals surface area (Å²) in [5, 5.41) is 2.08. The summed E-state index contributed by atoms with van der Waals surface area (Å²) in [5.74, 6) is 0.560. The van der Waals surface area contributed by atoms with Gasteiger partial charge in [0.05, 0.1) is 0 Å². The van der Waals surface area contributed by atoms with Gasteiger partial charge in [0.1, 0.15) is 0 Å². The fraction of sp³-hybridized carbons (Fsp3) is 0.545. The maximum atomic E-state index is 11.3. The molecule has 1 aliphatic heterocycles. The molecule has 4 heteroatoms.